The molecular weight excluding hydrogens is 288 g/mol. The van der Waals surface area contributed by atoms with Crippen LogP contribution in [0.3, 0.4) is 0 Å². The van der Waals surface area contributed by atoms with Gasteiger partial charge in [0.2, 0.25) is 0 Å². The first-order chi connectivity index (χ1) is 11.8. The third-order valence-corrected chi connectivity index (χ3v) is 4.86. The van der Waals surface area contributed by atoms with Crippen molar-refractivity contribution in [2.24, 2.45) is 0 Å². The summed E-state index contributed by atoms with van der Waals surface area (Å²) in [5, 5.41) is 5.26. The standard InChI is InChI=1S/C24H21/c1-18(23-12-6-10-21-8-4-5-11-24(21)23)13-14-19-15-16-20-7-2-3-9-22(20)17-19/h2-12,15-18H,1,13-14H2. The zero-order valence-corrected chi connectivity index (χ0v) is 13.8. The van der Waals surface area contributed by atoms with E-state index in [9.17, 15) is 0 Å². The molecule has 1 radical (unpaired) electrons. The van der Waals surface area contributed by atoms with Crippen molar-refractivity contribution >= 4 is 21.5 Å². The van der Waals surface area contributed by atoms with Crippen molar-refractivity contribution in [3.63, 3.8) is 0 Å². The third kappa shape index (κ3) is 2.92. The van der Waals surface area contributed by atoms with E-state index < -0.39 is 0 Å². The number of aryl methyl sites for hydroxylation is 1. The van der Waals surface area contributed by atoms with Crippen LogP contribution in [0.1, 0.15) is 23.5 Å². The van der Waals surface area contributed by atoms with Gasteiger partial charge in [0.1, 0.15) is 0 Å². The maximum atomic E-state index is 4.44. The van der Waals surface area contributed by atoms with Gasteiger partial charge in [-0.25, -0.2) is 0 Å². The highest BCUT2D eigenvalue weighted by Gasteiger charge is 2.09. The van der Waals surface area contributed by atoms with Crippen LogP contribution in [0.4, 0.5) is 0 Å². The van der Waals surface area contributed by atoms with Crippen molar-refractivity contribution in [1.29, 1.82) is 0 Å². The maximum Gasteiger partial charge on any atom is -0.0149 e. The minimum Gasteiger partial charge on any atom is -0.0616 e. The Bertz CT molecular complexity index is 976. The number of benzene rings is 4. The lowest BCUT2D eigenvalue weighted by atomic mass is 9.90. The summed E-state index contributed by atoms with van der Waals surface area (Å²) >= 11 is 0. The number of rotatable bonds is 4. The van der Waals surface area contributed by atoms with Gasteiger partial charge in [0.05, 0.1) is 0 Å². The summed E-state index contributed by atoms with van der Waals surface area (Å²) in [6.45, 7) is 4.44. The normalized spacial score (nSPS) is 12.5. The second-order valence-corrected chi connectivity index (χ2v) is 6.49. The molecule has 24 heavy (non-hydrogen) atoms. The van der Waals surface area contributed by atoms with Gasteiger partial charge in [0, 0.05) is 0 Å². The van der Waals surface area contributed by atoms with Crippen molar-refractivity contribution in [1.82, 2.24) is 0 Å². The lowest BCUT2D eigenvalue weighted by Crippen LogP contribution is -1.98. The van der Waals surface area contributed by atoms with Crippen LogP contribution in [-0.2, 0) is 6.42 Å². The van der Waals surface area contributed by atoms with Gasteiger partial charge >= 0.3 is 0 Å². The van der Waals surface area contributed by atoms with Crippen LogP contribution in [0.2, 0.25) is 0 Å². The summed E-state index contributed by atoms with van der Waals surface area (Å²) in [5.74, 6) is 0.308. The van der Waals surface area contributed by atoms with E-state index in [2.05, 4.69) is 91.9 Å². The first-order valence-corrected chi connectivity index (χ1v) is 8.60. The van der Waals surface area contributed by atoms with E-state index in [1.807, 2.05) is 0 Å². The molecule has 0 aliphatic heterocycles. The number of hydrogen-bond acceptors (Lipinski definition) is 0. The highest BCUT2D eigenvalue weighted by molar-refractivity contribution is 5.86. The molecule has 0 heterocycles. The average molecular weight is 309 g/mol. The molecule has 0 N–H and O–H groups in total. The Hall–Kier alpha value is -2.60. The molecule has 0 amide bonds. The Morgan fingerprint density at radius 1 is 0.667 bits per heavy atom. The van der Waals surface area contributed by atoms with Crippen LogP contribution in [0, 0.1) is 6.92 Å². The van der Waals surface area contributed by atoms with Crippen LogP contribution in [0.15, 0.2) is 84.9 Å². The highest BCUT2D eigenvalue weighted by Crippen LogP contribution is 2.28. The Morgan fingerprint density at radius 2 is 1.38 bits per heavy atom. The Balaban J connectivity index is 1.55. The van der Waals surface area contributed by atoms with Crippen molar-refractivity contribution in [2.75, 3.05) is 0 Å². The first kappa shape index (κ1) is 15.0. The van der Waals surface area contributed by atoms with Crippen molar-refractivity contribution in [3.8, 4) is 0 Å². The van der Waals surface area contributed by atoms with Crippen molar-refractivity contribution < 1.29 is 0 Å². The maximum absolute atomic E-state index is 4.44. The summed E-state index contributed by atoms with van der Waals surface area (Å²) in [5.41, 5.74) is 2.75. The molecule has 0 bridgehead atoms. The molecule has 0 heteroatoms. The lowest BCUT2D eigenvalue weighted by molar-refractivity contribution is 0.738. The fourth-order valence-electron chi connectivity index (χ4n) is 3.50. The molecule has 0 saturated carbocycles. The molecule has 4 aromatic carbocycles. The molecule has 0 aliphatic carbocycles. The minimum atomic E-state index is 0.308. The zero-order chi connectivity index (χ0) is 16.4. The molecule has 0 fully saturated rings. The molecular formula is C24H21. The highest BCUT2D eigenvalue weighted by atomic mass is 14.1. The summed E-state index contributed by atoms with van der Waals surface area (Å²) in [4.78, 5) is 0. The van der Waals surface area contributed by atoms with E-state index >= 15 is 0 Å². The zero-order valence-electron chi connectivity index (χ0n) is 13.8. The Morgan fingerprint density at radius 3 is 2.25 bits per heavy atom. The van der Waals surface area contributed by atoms with Gasteiger partial charge in [-0.2, -0.15) is 0 Å². The van der Waals surface area contributed by atoms with Crippen LogP contribution in [0.5, 0.6) is 0 Å². The summed E-state index contributed by atoms with van der Waals surface area (Å²) in [6, 6.07) is 30.5. The molecule has 0 aromatic heterocycles. The summed E-state index contributed by atoms with van der Waals surface area (Å²) < 4.78 is 0. The average Bonchev–Trinajstić information content (AvgIpc) is 2.65. The topological polar surface area (TPSA) is 0 Å². The third-order valence-electron chi connectivity index (χ3n) is 4.86. The fraction of sp³-hybridized carbons (Fsp3) is 0.125. The Labute approximate surface area is 143 Å². The van der Waals surface area contributed by atoms with Crippen molar-refractivity contribution in [2.45, 2.75) is 18.8 Å². The van der Waals surface area contributed by atoms with Gasteiger partial charge < -0.3 is 0 Å². The molecule has 117 valence electrons. The van der Waals surface area contributed by atoms with E-state index in [4.69, 9.17) is 0 Å². The van der Waals surface area contributed by atoms with Crippen LogP contribution in [-0.4, -0.2) is 0 Å². The smallest absolute Gasteiger partial charge is 0.0149 e. The molecule has 0 saturated heterocycles. The van der Waals surface area contributed by atoms with Crippen LogP contribution in [0.25, 0.3) is 21.5 Å². The molecule has 4 rings (SSSR count). The summed E-state index contributed by atoms with van der Waals surface area (Å²) in [6.07, 6.45) is 2.12. The van der Waals surface area contributed by atoms with E-state index in [-0.39, 0.29) is 0 Å². The summed E-state index contributed by atoms with van der Waals surface area (Å²) in [7, 11) is 0. The SMILES string of the molecule is [CH2]C(CCc1ccc2ccccc2c1)c1cccc2ccccc12. The van der Waals surface area contributed by atoms with Gasteiger partial charge in [-0.05, 0) is 58.4 Å². The van der Waals surface area contributed by atoms with E-state index in [0.717, 1.165) is 12.8 Å². The van der Waals surface area contributed by atoms with E-state index in [0.29, 0.717) is 5.92 Å². The van der Waals surface area contributed by atoms with E-state index in [1.54, 1.807) is 0 Å². The lowest BCUT2D eigenvalue weighted by Gasteiger charge is -2.15. The molecule has 0 aliphatic rings. The largest absolute Gasteiger partial charge is 0.0616 e. The van der Waals surface area contributed by atoms with Gasteiger partial charge in [0.25, 0.3) is 0 Å². The van der Waals surface area contributed by atoms with E-state index in [1.165, 1.54) is 32.7 Å². The molecule has 1 unspecified atom stereocenters. The predicted molar refractivity (Wildman–Crippen MR) is 104 cm³/mol. The molecule has 0 spiro atoms. The molecule has 0 nitrogen and oxygen atoms in total. The van der Waals surface area contributed by atoms with Crippen LogP contribution >= 0.6 is 0 Å². The predicted octanol–water partition coefficient (Wildman–Crippen LogP) is 6.54. The quantitative estimate of drug-likeness (QED) is 0.401. The number of fused-ring (bicyclic) bond motifs is 2. The van der Waals surface area contributed by atoms with Gasteiger partial charge in [-0.3, -0.25) is 0 Å². The van der Waals surface area contributed by atoms with Gasteiger partial charge in [-0.15, -0.1) is 0 Å². The van der Waals surface area contributed by atoms with Gasteiger partial charge in [-0.1, -0.05) is 84.9 Å². The Kier molecular flexibility index (Phi) is 4.04. The molecule has 1 atom stereocenters. The second-order valence-electron chi connectivity index (χ2n) is 6.49. The van der Waals surface area contributed by atoms with Crippen LogP contribution < -0.4 is 0 Å². The first-order valence-electron chi connectivity index (χ1n) is 8.60. The molecule has 4 aromatic rings. The number of hydrogen-bond donors (Lipinski definition) is 0. The second kappa shape index (κ2) is 6.49. The minimum absolute atomic E-state index is 0.308. The fourth-order valence-corrected chi connectivity index (χ4v) is 3.50. The van der Waals surface area contributed by atoms with Crippen molar-refractivity contribution in [3.05, 3.63) is 103 Å². The van der Waals surface area contributed by atoms with Gasteiger partial charge in [0.15, 0.2) is 0 Å². The monoisotopic (exact) mass is 309 g/mol.